The van der Waals surface area contributed by atoms with Crippen molar-refractivity contribution in [3.8, 4) is 0 Å². The molecule has 0 radical (unpaired) electrons. The van der Waals surface area contributed by atoms with Gasteiger partial charge in [0.15, 0.2) is 0 Å². The van der Waals surface area contributed by atoms with Crippen molar-refractivity contribution in [1.29, 1.82) is 0 Å². The zero-order valence-electron chi connectivity index (χ0n) is 18.0. The number of likely N-dealkylation sites (tertiary alicyclic amines) is 1. The van der Waals surface area contributed by atoms with Gasteiger partial charge in [0, 0.05) is 40.3 Å². The smallest absolute Gasteiger partial charge is 0.270 e. The van der Waals surface area contributed by atoms with E-state index in [-0.39, 0.29) is 5.91 Å². The fourth-order valence-electron chi connectivity index (χ4n) is 4.82. The Balaban J connectivity index is 1.10. The standard InChI is InChI=1S/C26H27ClN4O/c27-20-6-7-22-23(17-30-24(22)16-20)19-9-14-31(15-10-19)13-3-11-29-26(32)25-21-5-2-1-4-18(21)8-12-28-25/h1-2,4-8,12,16-17,19,30H,3,9-11,13-15H2,(H,29,32). The van der Waals surface area contributed by atoms with Crippen LogP contribution in [0.3, 0.4) is 0 Å². The van der Waals surface area contributed by atoms with Gasteiger partial charge in [-0.1, -0.05) is 41.9 Å². The summed E-state index contributed by atoms with van der Waals surface area (Å²) in [6.45, 7) is 3.83. The van der Waals surface area contributed by atoms with Gasteiger partial charge in [-0.05, 0) is 74.0 Å². The lowest BCUT2D eigenvalue weighted by Gasteiger charge is -2.32. The van der Waals surface area contributed by atoms with Crippen LogP contribution in [0.5, 0.6) is 0 Å². The molecule has 2 N–H and O–H groups in total. The molecule has 3 heterocycles. The number of carbonyl (C=O) groups is 1. The van der Waals surface area contributed by atoms with Crippen molar-refractivity contribution in [2.24, 2.45) is 0 Å². The minimum Gasteiger partial charge on any atom is -0.361 e. The Morgan fingerprint density at radius 3 is 2.84 bits per heavy atom. The minimum atomic E-state index is -0.0973. The highest BCUT2D eigenvalue weighted by Crippen LogP contribution is 2.34. The normalized spacial score (nSPS) is 15.4. The molecule has 0 unspecified atom stereocenters. The predicted octanol–water partition coefficient (Wildman–Crippen LogP) is 5.37. The number of aromatic amines is 1. The number of carbonyl (C=O) groups excluding carboxylic acids is 1. The van der Waals surface area contributed by atoms with E-state index in [0.29, 0.717) is 18.2 Å². The van der Waals surface area contributed by atoms with Gasteiger partial charge in [0.1, 0.15) is 5.69 Å². The molecule has 1 fully saturated rings. The summed E-state index contributed by atoms with van der Waals surface area (Å²) >= 11 is 6.12. The van der Waals surface area contributed by atoms with Crippen LogP contribution in [-0.4, -0.2) is 47.0 Å². The Morgan fingerprint density at radius 1 is 1.12 bits per heavy atom. The maximum Gasteiger partial charge on any atom is 0.270 e. The van der Waals surface area contributed by atoms with Crippen LogP contribution in [0, 0.1) is 0 Å². The highest BCUT2D eigenvalue weighted by molar-refractivity contribution is 6.31. The SMILES string of the molecule is O=C(NCCCN1CCC(c2c[nH]c3cc(Cl)ccc23)CC1)c1nccc2ccccc12. The van der Waals surface area contributed by atoms with Crippen LogP contribution in [-0.2, 0) is 0 Å². The van der Waals surface area contributed by atoms with Gasteiger partial charge in [0.25, 0.3) is 5.91 Å². The summed E-state index contributed by atoms with van der Waals surface area (Å²) in [6.07, 6.45) is 7.10. The first-order chi connectivity index (χ1) is 15.7. The maximum atomic E-state index is 12.6. The number of halogens is 1. The van der Waals surface area contributed by atoms with Crippen LogP contribution in [0.25, 0.3) is 21.7 Å². The van der Waals surface area contributed by atoms with Crippen LogP contribution < -0.4 is 5.32 Å². The molecule has 0 spiro atoms. The van der Waals surface area contributed by atoms with Gasteiger partial charge < -0.3 is 15.2 Å². The number of fused-ring (bicyclic) bond motifs is 2. The largest absolute Gasteiger partial charge is 0.361 e. The molecule has 0 atom stereocenters. The number of amides is 1. The maximum absolute atomic E-state index is 12.6. The van der Waals surface area contributed by atoms with Gasteiger partial charge in [-0.3, -0.25) is 9.78 Å². The molecule has 4 aromatic rings. The molecule has 1 aliphatic rings. The van der Waals surface area contributed by atoms with Gasteiger partial charge in [-0.25, -0.2) is 0 Å². The van der Waals surface area contributed by atoms with E-state index in [1.807, 2.05) is 42.5 Å². The van der Waals surface area contributed by atoms with Crippen LogP contribution in [0.1, 0.15) is 41.2 Å². The molecule has 0 bridgehead atoms. The Morgan fingerprint density at radius 2 is 1.97 bits per heavy atom. The van der Waals surface area contributed by atoms with Crippen LogP contribution >= 0.6 is 11.6 Å². The Bertz CT molecular complexity index is 1240. The van der Waals surface area contributed by atoms with Crippen molar-refractivity contribution in [2.75, 3.05) is 26.2 Å². The van der Waals surface area contributed by atoms with E-state index in [1.54, 1.807) is 6.20 Å². The molecule has 0 aliphatic carbocycles. The topological polar surface area (TPSA) is 61.0 Å². The number of aromatic nitrogens is 2. The van der Waals surface area contributed by atoms with Crippen molar-refractivity contribution in [3.05, 3.63) is 77.2 Å². The average molecular weight is 447 g/mol. The Labute approximate surface area is 192 Å². The van der Waals surface area contributed by atoms with Crippen LogP contribution in [0.2, 0.25) is 5.02 Å². The second kappa shape index (κ2) is 9.31. The van der Waals surface area contributed by atoms with Crippen LogP contribution in [0.4, 0.5) is 0 Å². The van der Waals surface area contributed by atoms with E-state index in [4.69, 9.17) is 11.6 Å². The summed E-state index contributed by atoms with van der Waals surface area (Å²) in [4.78, 5) is 22.8. The lowest BCUT2D eigenvalue weighted by molar-refractivity contribution is 0.0948. The van der Waals surface area contributed by atoms with Crippen molar-refractivity contribution < 1.29 is 4.79 Å². The third-order valence-corrected chi connectivity index (χ3v) is 6.76. The van der Waals surface area contributed by atoms with E-state index in [0.717, 1.165) is 60.2 Å². The summed E-state index contributed by atoms with van der Waals surface area (Å²) in [5, 5.41) is 7.03. The molecule has 5 nitrogen and oxygen atoms in total. The molecular formula is C26H27ClN4O. The molecule has 32 heavy (non-hydrogen) atoms. The second-order valence-corrected chi connectivity index (χ2v) is 8.98. The molecule has 1 amide bonds. The summed E-state index contributed by atoms with van der Waals surface area (Å²) < 4.78 is 0. The predicted molar refractivity (Wildman–Crippen MR) is 130 cm³/mol. The quantitative estimate of drug-likeness (QED) is 0.391. The molecular weight excluding hydrogens is 420 g/mol. The molecule has 2 aromatic heterocycles. The fraction of sp³-hybridized carbons (Fsp3) is 0.308. The summed E-state index contributed by atoms with van der Waals surface area (Å²) in [5.74, 6) is 0.485. The Kier molecular flexibility index (Phi) is 6.10. The highest BCUT2D eigenvalue weighted by atomic mass is 35.5. The molecule has 1 aliphatic heterocycles. The monoisotopic (exact) mass is 446 g/mol. The van der Waals surface area contributed by atoms with Gasteiger partial charge >= 0.3 is 0 Å². The number of rotatable bonds is 6. The second-order valence-electron chi connectivity index (χ2n) is 8.54. The number of piperidine rings is 1. The van der Waals surface area contributed by atoms with Gasteiger partial charge in [0.05, 0.1) is 0 Å². The van der Waals surface area contributed by atoms with Gasteiger partial charge in [-0.15, -0.1) is 0 Å². The third kappa shape index (κ3) is 4.36. The van der Waals surface area contributed by atoms with Crippen molar-refractivity contribution in [1.82, 2.24) is 20.2 Å². The van der Waals surface area contributed by atoms with Crippen molar-refractivity contribution in [3.63, 3.8) is 0 Å². The van der Waals surface area contributed by atoms with Crippen molar-refractivity contribution in [2.45, 2.75) is 25.2 Å². The number of hydrogen-bond donors (Lipinski definition) is 2. The number of pyridine rings is 1. The van der Waals surface area contributed by atoms with Gasteiger partial charge in [0.2, 0.25) is 0 Å². The van der Waals surface area contributed by atoms with E-state index < -0.39 is 0 Å². The molecule has 6 heteroatoms. The number of benzene rings is 2. The summed E-state index contributed by atoms with van der Waals surface area (Å²) in [5.41, 5.74) is 3.03. The lowest BCUT2D eigenvalue weighted by Crippen LogP contribution is -2.35. The van der Waals surface area contributed by atoms with E-state index in [9.17, 15) is 4.79 Å². The first-order valence-electron chi connectivity index (χ1n) is 11.3. The zero-order chi connectivity index (χ0) is 21.9. The molecule has 1 saturated heterocycles. The van der Waals surface area contributed by atoms with Crippen LogP contribution in [0.15, 0.2) is 60.9 Å². The number of nitrogens with zero attached hydrogens (tertiary/aromatic N) is 2. The number of hydrogen-bond acceptors (Lipinski definition) is 3. The lowest BCUT2D eigenvalue weighted by atomic mass is 9.89. The fourth-order valence-corrected chi connectivity index (χ4v) is 4.99. The summed E-state index contributed by atoms with van der Waals surface area (Å²) in [7, 11) is 0. The average Bonchev–Trinajstić information content (AvgIpc) is 3.24. The number of nitrogens with one attached hydrogen (secondary N) is 2. The van der Waals surface area contributed by atoms with Crippen molar-refractivity contribution >= 4 is 39.2 Å². The van der Waals surface area contributed by atoms with Gasteiger partial charge in [-0.2, -0.15) is 0 Å². The number of H-pyrrole nitrogens is 1. The van der Waals surface area contributed by atoms with E-state index in [2.05, 4.69) is 32.4 Å². The third-order valence-electron chi connectivity index (χ3n) is 6.53. The molecule has 5 rings (SSSR count). The van der Waals surface area contributed by atoms with E-state index in [1.165, 1.54) is 10.9 Å². The Hall–Kier alpha value is -2.89. The molecule has 164 valence electrons. The molecule has 0 saturated carbocycles. The summed E-state index contributed by atoms with van der Waals surface area (Å²) in [6, 6.07) is 15.9. The zero-order valence-corrected chi connectivity index (χ0v) is 18.7. The molecule has 2 aromatic carbocycles. The first kappa shape index (κ1) is 21.0. The highest BCUT2D eigenvalue weighted by Gasteiger charge is 2.22. The first-order valence-corrected chi connectivity index (χ1v) is 11.7. The minimum absolute atomic E-state index is 0.0973. The van der Waals surface area contributed by atoms with E-state index >= 15 is 0 Å².